The molecular formula is C22H22BrF3N2O3. The third kappa shape index (κ3) is 5.51. The average molecular weight is 499 g/mol. The highest BCUT2D eigenvalue weighted by Crippen LogP contribution is 2.32. The highest BCUT2D eigenvalue weighted by molar-refractivity contribution is 9.10. The minimum atomic E-state index is -4.70. The van der Waals surface area contributed by atoms with Gasteiger partial charge in [-0.05, 0) is 53.9 Å². The molecule has 1 atom stereocenters. The number of fused-ring (bicyclic) bond motifs is 1. The van der Waals surface area contributed by atoms with E-state index in [1.165, 1.54) is 17.7 Å². The molecule has 31 heavy (non-hydrogen) atoms. The topological polar surface area (TPSA) is 42.0 Å². The quantitative estimate of drug-likeness (QED) is 0.612. The van der Waals surface area contributed by atoms with Gasteiger partial charge in [0.25, 0.3) is 0 Å². The summed E-state index contributed by atoms with van der Waals surface area (Å²) in [4.78, 5) is 16.7. The number of anilines is 1. The van der Waals surface area contributed by atoms with Gasteiger partial charge in [-0.25, -0.2) is 0 Å². The van der Waals surface area contributed by atoms with Crippen LogP contribution in [0.2, 0.25) is 0 Å². The van der Waals surface area contributed by atoms with E-state index in [1.807, 2.05) is 21.9 Å². The standard InChI is InChI=1S/C22H22BrF3N2O3/c23-16-1-6-19-15(13-16)7-12-30-20(19)14-21(29)28-10-8-27(9-11-28)17-2-4-18(5-3-17)31-22(24,25)26/h1-6,13,20H,7-12,14H2. The van der Waals surface area contributed by atoms with Crippen LogP contribution in [0.4, 0.5) is 18.9 Å². The largest absolute Gasteiger partial charge is 0.573 e. The monoisotopic (exact) mass is 498 g/mol. The Hall–Kier alpha value is -2.26. The van der Waals surface area contributed by atoms with Gasteiger partial charge in [0.1, 0.15) is 5.75 Å². The zero-order valence-corrected chi connectivity index (χ0v) is 18.3. The van der Waals surface area contributed by atoms with Gasteiger partial charge in [-0.1, -0.05) is 22.0 Å². The van der Waals surface area contributed by atoms with Crippen LogP contribution < -0.4 is 9.64 Å². The molecule has 2 heterocycles. The number of nitrogens with zero attached hydrogens (tertiary/aromatic N) is 2. The zero-order valence-electron chi connectivity index (χ0n) is 16.7. The highest BCUT2D eigenvalue weighted by Gasteiger charge is 2.31. The van der Waals surface area contributed by atoms with Gasteiger partial charge in [-0.3, -0.25) is 4.79 Å². The van der Waals surface area contributed by atoms with Gasteiger partial charge in [0.05, 0.1) is 19.1 Å². The molecule has 0 N–H and O–H groups in total. The van der Waals surface area contributed by atoms with Gasteiger partial charge in [0.15, 0.2) is 0 Å². The molecule has 5 nitrogen and oxygen atoms in total. The molecular weight excluding hydrogens is 477 g/mol. The van der Waals surface area contributed by atoms with E-state index in [0.717, 1.165) is 22.1 Å². The summed E-state index contributed by atoms with van der Waals surface area (Å²) >= 11 is 3.49. The fraction of sp³-hybridized carbons (Fsp3) is 0.409. The Morgan fingerprint density at radius 2 is 1.81 bits per heavy atom. The molecule has 1 saturated heterocycles. The van der Waals surface area contributed by atoms with Gasteiger partial charge < -0.3 is 19.3 Å². The van der Waals surface area contributed by atoms with Crippen molar-refractivity contribution in [3.8, 4) is 5.75 Å². The second-order valence-corrected chi connectivity index (χ2v) is 8.48. The molecule has 0 bridgehead atoms. The molecule has 166 valence electrons. The number of alkyl halides is 3. The predicted octanol–water partition coefficient (Wildman–Crippen LogP) is 4.70. The Labute approximate surface area is 186 Å². The third-order valence-corrected chi connectivity index (χ3v) is 6.06. The lowest BCUT2D eigenvalue weighted by Gasteiger charge is -2.37. The molecule has 0 aromatic heterocycles. The Balaban J connectivity index is 1.32. The number of halogens is 4. The second kappa shape index (κ2) is 9.08. The van der Waals surface area contributed by atoms with Crippen molar-refractivity contribution >= 4 is 27.5 Å². The molecule has 9 heteroatoms. The number of benzene rings is 2. The van der Waals surface area contributed by atoms with Crippen molar-refractivity contribution in [2.24, 2.45) is 0 Å². The predicted molar refractivity (Wildman–Crippen MR) is 113 cm³/mol. The Bertz CT molecular complexity index is 929. The van der Waals surface area contributed by atoms with Gasteiger partial charge in [-0.15, -0.1) is 13.2 Å². The average Bonchev–Trinajstić information content (AvgIpc) is 2.73. The van der Waals surface area contributed by atoms with E-state index in [1.54, 1.807) is 12.1 Å². The molecule has 2 aromatic rings. The first kappa shape index (κ1) is 22.0. The molecule has 4 rings (SSSR count). The normalized spacial score (nSPS) is 19.2. The van der Waals surface area contributed by atoms with Crippen LogP contribution in [0.5, 0.6) is 5.75 Å². The van der Waals surface area contributed by atoms with Crippen molar-refractivity contribution in [2.75, 3.05) is 37.7 Å². The molecule has 1 unspecified atom stereocenters. The lowest BCUT2D eigenvalue weighted by Crippen LogP contribution is -2.49. The van der Waals surface area contributed by atoms with Crippen molar-refractivity contribution < 1.29 is 27.4 Å². The first-order chi connectivity index (χ1) is 14.8. The third-order valence-electron chi connectivity index (χ3n) is 5.57. The minimum Gasteiger partial charge on any atom is -0.406 e. The molecule has 2 aliphatic heterocycles. The maximum Gasteiger partial charge on any atom is 0.573 e. The molecule has 2 aromatic carbocycles. The van der Waals surface area contributed by atoms with Crippen LogP contribution >= 0.6 is 15.9 Å². The number of piperazine rings is 1. The Morgan fingerprint density at radius 3 is 2.48 bits per heavy atom. The number of carbonyl (C=O) groups is 1. The first-order valence-electron chi connectivity index (χ1n) is 10.1. The van der Waals surface area contributed by atoms with Crippen molar-refractivity contribution in [3.63, 3.8) is 0 Å². The zero-order chi connectivity index (χ0) is 22.0. The Kier molecular flexibility index (Phi) is 6.43. The van der Waals surface area contributed by atoms with E-state index < -0.39 is 6.36 Å². The molecule has 0 spiro atoms. The minimum absolute atomic E-state index is 0.0503. The summed E-state index contributed by atoms with van der Waals surface area (Å²) in [5.41, 5.74) is 3.08. The van der Waals surface area contributed by atoms with Crippen LogP contribution in [0.3, 0.4) is 0 Å². The summed E-state index contributed by atoms with van der Waals surface area (Å²) in [6.07, 6.45) is -3.79. The van der Waals surface area contributed by atoms with Crippen molar-refractivity contribution in [1.82, 2.24) is 4.90 Å². The number of hydrogen-bond donors (Lipinski definition) is 0. The Morgan fingerprint density at radius 1 is 1.10 bits per heavy atom. The number of amides is 1. The van der Waals surface area contributed by atoms with E-state index in [2.05, 4.69) is 26.7 Å². The maximum atomic E-state index is 12.9. The fourth-order valence-electron chi connectivity index (χ4n) is 4.04. The number of carbonyl (C=O) groups excluding carboxylic acids is 1. The highest BCUT2D eigenvalue weighted by atomic mass is 79.9. The van der Waals surface area contributed by atoms with Crippen LogP contribution in [-0.2, 0) is 16.0 Å². The molecule has 0 aliphatic carbocycles. The van der Waals surface area contributed by atoms with Crippen molar-refractivity contribution in [3.05, 3.63) is 58.1 Å². The molecule has 1 amide bonds. The molecule has 2 aliphatic rings. The van der Waals surface area contributed by atoms with Gasteiger partial charge in [-0.2, -0.15) is 0 Å². The SMILES string of the molecule is O=C(CC1OCCc2cc(Br)ccc21)N1CCN(c2ccc(OC(F)(F)F)cc2)CC1. The number of hydrogen-bond acceptors (Lipinski definition) is 4. The van der Waals surface area contributed by atoms with Crippen molar-refractivity contribution in [1.29, 1.82) is 0 Å². The van der Waals surface area contributed by atoms with E-state index in [-0.39, 0.29) is 17.8 Å². The smallest absolute Gasteiger partial charge is 0.406 e. The van der Waals surface area contributed by atoms with Crippen LogP contribution in [0.15, 0.2) is 46.9 Å². The molecule has 0 radical (unpaired) electrons. The summed E-state index contributed by atoms with van der Waals surface area (Å²) in [5, 5.41) is 0. The summed E-state index contributed by atoms with van der Waals surface area (Å²) in [5.74, 6) is -0.195. The summed E-state index contributed by atoms with van der Waals surface area (Å²) in [6.45, 7) is 2.93. The van der Waals surface area contributed by atoms with Crippen LogP contribution in [0.25, 0.3) is 0 Å². The van der Waals surface area contributed by atoms with Gasteiger partial charge >= 0.3 is 6.36 Å². The van der Waals surface area contributed by atoms with Crippen LogP contribution in [0.1, 0.15) is 23.7 Å². The van der Waals surface area contributed by atoms with Gasteiger partial charge in [0, 0.05) is 36.3 Å². The number of rotatable bonds is 4. The van der Waals surface area contributed by atoms with E-state index in [9.17, 15) is 18.0 Å². The molecule has 0 saturated carbocycles. The molecule has 1 fully saturated rings. The fourth-order valence-corrected chi connectivity index (χ4v) is 4.44. The van der Waals surface area contributed by atoms with Crippen LogP contribution in [0, 0.1) is 0 Å². The lowest BCUT2D eigenvalue weighted by molar-refractivity contribution is -0.274. The van der Waals surface area contributed by atoms with E-state index in [4.69, 9.17) is 4.74 Å². The lowest BCUT2D eigenvalue weighted by atomic mass is 9.95. The maximum absolute atomic E-state index is 12.9. The van der Waals surface area contributed by atoms with Crippen LogP contribution in [-0.4, -0.2) is 50.0 Å². The van der Waals surface area contributed by atoms with E-state index in [0.29, 0.717) is 39.2 Å². The summed E-state index contributed by atoms with van der Waals surface area (Å²) in [7, 11) is 0. The van der Waals surface area contributed by atoms with Gasteiger partial charge in [0.2, 0.25) is 5.91 Å². The summed E-state index contributed by atoms with van der Waals surface area (Å²) < 4.78 is 47.7. The second-order valence-electron chi connectivity index (χ2n) is 7.57. The van der Waals surface area contributed by atoms with E-state index >= 15 is 0 Å². The van der Waals surface area contributed by atoms with Crippen molar-refractivity contribution in [2.45, 2.75) is 25.3 Å². The number of ether oxygens (including phenoxy) is 2. The summed E-state index contributed by atoms with van der Waals surface area (Å²) in [6, 6.07) is 11.9. The first-order valence-corrected chi connectivity index (χ1v) is 10.9.